The van der Waals surface area contributed by atoms with Crippen LogP contribution >= 0.6 is 11.8 Å². The van der Waals surface area contributed by atoms with Crippen LogP contribution in [0.4, 0.5) is 0 Å². The van der Waals surface area contributed by atoms with Gasteiger partial charge in [0.15, 0.2) is 0 Å². The molecule has 1 N–H and O–H groups in total. The third kappa shape index (κ3) is 3.42. The van der Waals surface area contributed by atoms with Crippen molar-refractivity contribution in [3.63, 3.8) is 0 Å². The zero-order chi connectivity index (χ0) is 12.8. The van der Waals surface area contributed by atoms with Gasteiger partial charge in [0.25, 0.3) is 0 Å². The second-order valence-corrected chi connectivity index (χ2v) is 6.04. The van der Waals surface area contributed by atoms with Gasteiger partial charge in [-0.1, -0.05) is 12.1 Å². The van der Waals surface area contributed by atoms with E-state index in [0.29, 0.717) is 0 Å². The van der Waals surface area contributed by atoms with Crippen LogP contribution in [0.15, 0.2) is 18.2 Å². The summed E-state index contributed by atoms with van der Waals surface area (Å²) < 4.78 is 5.45. The molecule has 18 heavy (non-hydrogen) atoms. The van der Waals surface area contributed by atoms with E-state index in [9.17, 15) is 0 Å². The molecule has 0 bridgehead atoms. The number of rotatable bonds is 5. The molecule has 1 aliphatic heterocycles. The highest BCUT2D eigenvalue weighted by Crippen LogP contribution is 2.33. The van der Waals surface area contributed by atoms with Gasteiger partial charge in [-0.2, -0.15) is 11.8 Å². The molecule has 1 fully saturated rings. The first-order valence-electron chi connectivity index (χ1n) is 6.74. The lowest BCUT2D eigenvalue weighted by Crippen LogP contribution is -2.12. The fourth-order valence-corrected chi connectivity index (χ4v) is 3.64. The number of ether oxygens (including phenoxy) is 1. The van der Waals surface area contributed by atoms with Gasteiger partial charge in [0.05, 0.1) is 7.11 Å². The second-order valence-electron chi connectivity index (χ2n) is 4.81. The number of methoxy groups -OCH3 is 1. The number of hydrogen-bond acceptors (Lipinski definition) is 3. The van der Waals surface area contributed by atoms with Crippen molar-refractivity contribution in [1.29, 1.82) is 0 Å². The van der Waals surface area contributed by atoms with Gasteiger partial charge in [-0.15, -0.1) is 0 Å². The first-order chi connectivity index (χ1) is 8.85. The summed E-state index contributed by atoms with van der Waals surface area (Å²) in [5.41, 5.74) is 2.84. The van der Waals surface area contributed by atoms with Gasteiger partial charge < -0.3 is 10.1 Å². The summed E-state index contributed by atoms with van der Waals surface area (Å²) in [4.78, 5) is 0. The summed E-state index contributed by atoms with van der Waals surface area (Å²) in [6.45, 7) is 1.00. The highest BCUT2D eigenvalue weighted by atomic mass is 32.2. The molecular weight excluding hydrogens is 242 g/mol. The van der Waals surface area contributed by atoms with Gasteiger partial charge in [-0.3, -0.25) is 0 Å². The predicted molar refractivity (Wildman–Crippen MR) is 79.9 cm³/mol. The molecule has 0 atom stereocenters. The molecule has 0 amide bonds. The Hall–Kier alpha value is -0.670. The molecule has 0 spiro atoms. The lowest BCUT2D eigenvalue weighted by Gasteiger charge is -2.23. The van der Waals surface area contributed by atoms with Crippen LogP contribution in [0.2, 0.25) is 0 Å². The molecular formula is C15H23NOS. The van der Waals surface area contributed by atoms with Crippen LogP contribution in [0.1, 0.15) is 29.9 Å². The maximum absolute atomic E-state index is 5.45. The van der Waals surface area contributed by atoms with E-state index in [1.165, 1.54) is 35.5 Å². The number of hydrogen-bond donors (Lipinski definition) is 1. The van der Waals surface area contributed by atoms with Crippen LogP contribution in [0, 0.1) is 0 Å². The topological polar surface area (TPSA) is 21.3 Å². The van der Waals surface area contributed by atoms with E-state index in [1.54, 1.807) is 7.11 Å². The summed E-state index contributed by atoms with van der Waals surface area (Å²) in [5, 5.41) is 3.21. The smallest absolute Gasteiger partial charge is 0.122 e. The van der Waals surface area contributed by atoms with Gasteiger partial charge in [-0.05, 0) is 67.5 Å². The van der Waals surface area contributed by atoms with Crippen molar-refractivity contribution in [2.24, 2.45) is 0 Å². The first kappa shape index (κ1) is 13.8. The van der Waals surface area contributed by atoms with Crippen molar-refractivity contribution >= 4 is 11.8 Å². The fraction of sp³-hybridized carbons (Fsp3) is 0.600. The highest BCUT2D eigenvalue weighted by Gasteiger charge is 2.17. The molecule has 0 saturated carbocycles. The van der Waals surface area contributed by atoms with E-state index >= 15 is 0 Å². The summed E-state index contributed by atoms with van der Waals surface area (Å²) >= 11 is 2.08. The zero-order valence-electron chi connectivity index (χ0n) is 11.4. The van der Waals surface area contributed by atoms with Crippen molar-refractivity contribution in [2.75, 3.05) is 32.2 Å². The standard InChI is InChI=1S/C15H23NOS/c1-16-8-5-14-11-13(3-4-15(14)17-2)12-6-9-18-10-7-12/h3-4,11-12,16H,5-10H2,1-2H3. The van der Waals surface area contributed by atoms with Gasteiger partial charge >= 0.3 is 0 Å². The van der Waals surface area contributed by atoms with Crippen LogP contribution in [-0.2, 0) is 6.42 Å². The van der Waals surface area contributed by atoms with Crippen molar-refractivity contribution in [3.05, 3.63) is 29.3 Å². The summed E-state index contributed by atoms with van der Waals surface area (Å²) in [7, 11) is 3.75. The average Bonchev–Trinajstić information content (AvgIpc) is 2.45. The predicted octanol–water partition coefficient (Wildman–Crippen LogP) is 3.07. The maximum atomic E-state index is 5.45. The Kier molecular flexibility index (Phi) is 5.39. The second kappa shape index (κ2) is 7.05. The minimum Gasteiger partial charge on any atom is -0.496 e. The zero-order valence-corrected chi connectivity index (χ0v) is 12.2. The number of thioether (sulfide) groups is 1. The number of likely N-dealkylation sites (N-methyl/N-ethyl adjacent to an activating group) is 1. The lowest BCUT2D eigenvalue weighted by molar-refractivity contribution is 0.409. The van der Waals surface area contributed by atoms with Crippen molar-refractivity contribution in [3.8, 4) is 5.75 Å². The highest BCUT2D eigenvalue weighted by molar-refractivity contribution is 7.99. The molecule has 100 valence electrons. The van der Waals surface area contributed by atoms with E-state index in [4.69, 9.17) is 4.74 Å². The monoisotopic (exact) mass is 265 g/mol. The largest absolute Gasteiger partial charge is 0.496 e. The van der Waals surface area contributed by atoms with Crippen molar-refractivity contribution in [1.82, 2.24) is 5.32 Å². The van der Waals surface area contributed by atoms with Gasteiger partial charge in [0.2, 0.25) is 0 Å². The Balaban J connectivity index is 2.15. The van der Waals surface area contributed by atoms with E-state index in [2.05, 4.69) is 35.3 Å². The van der Waals surface area contributed by atoms with E-state index in [-0.39, 0.29) is 0 Å². The molecule has 3 heteroatoms. The molecule has 0 aromatic heterocycles. The Morgan fingerprint density at radius 2 is 2.11 bits per heavy atom. The summed E-state index contributed by atoms with van der Waals surface area (Å²) in [5.74, 6) is 4.40. The molecule has 0 aliphatic carbocycles. The Bertz CT molecular complexity index is 375. The first-order valence-corrected chi connectivity index (χ1v) is 7.89. The lowest BCUT2D eigenvalue weighted by atomic mass is 9.91. The number of benzene rings is 1. The third-order valence-corrected chi connectivity index (χ3v) is 4.69. The molecule has 1 heterocycles. The Morgan fingerprint density at radius 1 is 1.33 bits per heavy atom. The Labute approximate surface area is 114 Å². The van der Waals surface area contributed by atoms with Crippen LogP contribution < -0.4 is 10.1 Å². The van der Waals surface area contributed by atoms with E-state index < -0.39 is 0 Å². The number of nitrogens with one attached hydrogen (secondary N) is 1. The Morgan fingerprint density at radius 3 is 2.78 bits per heavy atom. The van der Waals surface area contributed by atoms with Crippen LogP contribution in [0.3, 0.4) is 0 Å². The minimum atomic E-state index is 0.755. The summed E-state index contributed by atoms with van der Waals surface area (Å²) in [6.07, 6.45) is 3.68. The van der Waals surface area contributed by atoms with Gasteiger partial charge in [-0.25, -0.2) is 0 Å². The normalized spacial score (nSPS) is 16.8. The fourth-order valence-electron chi connectivity index (χ4n) is 2.54. The molecule has 1 aromatic rings. The van der Waals surface area contributed by atoms with Crippen molar-refractivity contribution < 1.29 is 4.74 Å². The molecule has 0 radical (unpaired) electrons. The van der Waals surface area contributed by atoms with Gasteiger partial charge in [0, 0.05) is 0 Å². The molecule has 0 unspecified atom stereocenters. The molecule has 2 nitrogen and oxygen atoms in total. The van der Waals surface area contributed by atoms with Crippen molar-refractivity contribution in [2.45, 2.75) is 25.2 Å². The SMILES string of the molecule is CNCCc1cc(C2CCSCC2)ccc1OC. The van der Waals surface area contributed by atoms with E-state index in [0.717, 1.165) is 24.6 Å². The molecule has 1 aromatic carbocycles. The quantitative estimate of drug-likeness (QED) is 0.884. The maximum Gasteiger partial charge on any atom is 0.122 e. The van der Waals surface area contributed by atoms with E-state index in [1.807, 2.05) is 7.05 Å². The third-order valence-electron chi connectivity index (χ3n) is 3.64. The van der Waals surface area contributed by atoms with Gasteiger partial charge in [0.1, 0.15) is 5.75 Å². The van der Waals surface area contributed by atoms with Crippen LogP contribution in [0.5, 0.6) is 5.75 Å². The average molecular weight is 265 g/mol. The minimum absolute atomic E-state index is 0.755. The van der Waals surface area contributed by atoms with Crippen LogP contribution in [0.25, 0.3) is 0 Å². The van der Waals surface area contributed by atoms with Crippen LogP contribution in [-0.4, -0.2) is 32.2 Å². The molecule has 1 saturated heterocycles. The molecule has 2 rings (SSSR count). The summed E-state index contributed by atoms with van der Waals surface area (Å²) in [6, 6.07) is 6.75. The molecule has 1 aliphatic rings.